The fourth-order valence-electron chi connectivity index (χ4n) is 4.79. The Hall–Kier alpha value is -4.77. The second-order valence-corrected chi connectivity index (χ2v) is 10.7. The number of aliphatic hydroxyl groups excluding tert-OH is 1. The van der Waals surface area contributed by atoms with Gasteiger partial charge in [0, 0.05) is 42.1 Å². The molecule has 3 aromatic carbocycles. The van der Waals surface area contributed by atoms with Crippen LogP contribution in [-0.2, 0) is 11.2 Å². The summed E-state index contributed by atoms with van der Waals surface area (Å²) >= 11 is 0. The normalized spacial score (nSPS) is 17.2. The molecule has 0 aromatic heterocycles. The maximum atomic E-state index is 13.5. The first-order valence-electron chi connectivity index (χ1n) is 14.2. The smallest absolute Gasteiger partial charge is 0.323 e. The Labute approximate surface area is 251 Å². The van der Waals surface area contributed by atoms with Gasteiger partial charge in [-0.05, 0) is 61.5 Å². The topological polar surface area (TPSA) is 132 Å². The van der Waals surface area contributed by atoms with Crippen LogP contribution in [0.3, 0.4) is 0 Å². The van der Waals surface area contributed by atoms with Gasteiger partial charge in [0.05, 0.1) is 32.7 Å². The number of para-hydroxylation sites is 1. The van der Waals surface area contributed by atoms with Crippen LogP contribution in [-0.4, -0.2) is 78.9 Å². The van der Waals surface area contributed by atoms with Crippen LogP contribution in [0.4, 0.5) is 26.7 Å². The summed E-state index contributed by atoms with van der Waals surface area (Å²) in [5, 5.41) is 18.4. The molecular weight excluding hydrogens is 550 g/mol. The Bertz CT molecular complexity index is 1400. The highest BCUT2D eigenvalue weighted by Crippen LogP contribution is 2.29. The molecule has 0 saturated carbocycles. The molecule has 43 heavy (non-hydrogen) atoms. The van der Waals surface area contributed by atoms with Gasteiger partial charge in [0.1, 0.15) is 17.6 Å². The quantitative estimate of drug-likeness (QED) is 0.302. The molecule has 0 saturated heterocycles. The lowest BCUT2D eigenvalue weighted by Gasteiger charge is -2.34. The van der Waals surface area contributed by atoms with Crippen molar-refractivity contribution in [3.05, 3.63) is 78.4 Å². The van der Waals surface area contributed by atoms with Crippen molar-refractivity contribution >= 4 is 35.0 Å². The lowest BCUT2D eigenvalue weighted by Crippen LogP contribution is -2.48. The summed E-state index contributed by atoms with van der Waals surface area (Å²) in [6, 6.07) is 20.1. The summed E-state index contributed by atoms with van der Waals surface area (Å²) in [5.74, 6) is 0.816. The Morgan fingerprint density at radius 3 is 2.35 bits per heavy atom. The van der Waals surface area contributed by atoms with Crippen molar-refractivity contribution in [1.29, 1.82) is 0 Å². The molecule has 3 atom stereocenters. The molecule has 4 N–H and O–H groups in total. The van der Waals surface area contributed by atoms with Crippen LogP contribution in [0.2, 0.25) is 0 Å². The molecule has 228 valence electrons. The number of ether oxygens (including phenoxy) is 2. The zero-order chi connectivity index (χ0) is 30.9. The van der Waals surface area contributed by atoms with E-state index >= 15 is 0 Å². The van der Waals surface area contributed by atoms with E-state index in [2.05, 4.69) is 16.0 Å². The number of carbonyl (C=O) groups is 3. The summed E-state index contributed by atoms with van der Waals surface area (Å²) in [7, 11) is 3.26. The molecular formula is C32H39N5O6. The number of aliphatic hydroxyl groups is 1. The number of fused-ring (bicyclic) bond motifs is 1. The van der Waals surface area contributed by atoms with Gasteiger partial charge >= 0.3 is 12.1 Å². The van der Waals surface area contributed by atoms with E-state index in [-0.39, 0.29) is 37.4 Å². The predicted molar refractivity (Wildman–Crippen MR) is 166 cm³/mol. The Morgan fingerprint density at radius 2 is 1.67 bits per heavy atom. The Kier molecular flexibility index (Phi) is 10.4. The highest BCUT2D eigenvalue weighted by Gasteiger charge is 2.32. The van der Waals surface area contributed by atoms with Gasteiger partial charge < -0.3 is 40.3 Å². The molecule has 11 heteroatoms. The van der Waals surface area contributed by atoms with Gasteiger partial charge in [0.15, 0.2) is 0 Å². The number of nitrogens with zero attached hydrogens (tertiary/aromatic N) is 2. The standard InChI is InChI=1S/C32H39N5O6/c1-21-18-37(22(2)20-38)30(39)17-23-16-26(34-31(40)33-24-8-6-5-7-9-24)12-15-28(23)43-29(21)19-36(3)32(41)35-25-10-13-27(42-4)14-11-25/h5-16,21-22,29,38H,17-20H2,1-4H3,(H,35,41)(H2,33,34,40)/t21-,22-,29-/m0/s1. The molecule has 0 unspecified atom stereocenters. The maximum absolute atomic E-state index is 13.5. The Morgan fingerprint density at radius 1 is 1.02 bits per heavy atom. The minimum atomic E-state index is -0.482. The molecule has 5 amide bonds. The summed E-state index contributed by atoms with van der Waals surface area (Å²) in [5.41, 5.74) is 2.34. The van der Waals surface area contributed by atoms with Gasteiger partial charge in [-0.2, -0.15) is 0 Å². The third-order valence-electron chi connectivity index (χ3n) is 7.35. The summed E-state index contributed by atoms with van der Waals surface area (Å²) in [6.45, 7) is 4.12. The number of nitrogens with one attached hydrogen (secondary N) is 3. The molecule has 0 bridgehead atoms. The van der Waals surface area contributed by atoms with Gasteiger partial charge in [0.25, 0.3) is 0 Å². The molecule has 1 aliphatic heterocycles. The van der Waals surface area contributed by atoms with Gasteiger partial charge in [-0.25, -0.2) is 9.59 Å². The summed E-state index contributed by atoms with van der Waals surface area (Å²) in [4.78, 5) is 42.3. The molecule has 3 aromatic rings. The molecule has 0 aliphatic carbocycles. The number of amides is 5. The van der Waals surface area contributed by atoms with E-state index in [0.717, 1.165) is 0 Å². The number of hydrogen-bond donors (Lipinski definition) is 4. The minimum absolute atomic E-state index is 0.0166. The van der Waals surface area contributed by atoms with E-state index < -0.39 is 18.2 Å². The number of methoxy groups -OCH3 is 1. The van der Waals surface area contributed by atoms with Crippen LogP contribution >= 0.6 is 0 Å². The minimum Gasteiger partial charge on any atom is -0.497 e. The second kappa shape index (κ2) is 14.4. The highest BCUT2D eigenvalue weighted by molar-refractivity contribution is 6.00. The molecule has 0 spiro atoms. The van der Waals surface area contributed by atoms with Crippen LogP contribution < -0.4 is 25.4 Å². The van der Waals surface area contributed by atoms with E-state index in [1.165, 1.54) is 4.90 Å². The first-order valence-corrected chi connectivity index (χ1v) is 14.2. The largest absolute Gasteiger partial charge is 0.497 e. The van der Waals surface area contributed by atoms with Crippen LogP contribution in [0.15, 0.2) is 72.8 Å². The number of carbonyl (C=O) groups excluding carboxylic acids is 3. The van der Waals surface area contributed by atoms with Gasteiger partial charge in [-0.1, -0.05) is 25.1 Å². The second-order valence-electron chi connectivity index (χ2n) is 10.7. The van der Waals surface area contributed by atoms with Gasteiger partial charge in [0.2, 0.25) is 5.91 Å². The number of hydrogen-bond acceptors (Lipinski definition) is 6. The van der Waals surface area contributed by atoms with Crippen molar-refractivity contribution in [2.24, 2.45) is 5.92 Å². The van der Waals surface area contributed by atoms with E-state index in [0.29, 0.717) is 40.7 Å². The number of rotatable bonds is 8. The van der Waals surface area contributed by atoms with E-state index in [1.807, 2.05) is 25.1 Å². The SMILES string of the molecule is COc1ccc(NC(=O)N(C)C[C@@H]2Oc3ccc(NC(=O)Nc4ccccc4)cc3CC(=O)N([C@@H](C)CO)C[C@@H]2C)cc1. The first kappa shape index (κ1) is 31.2. The third-order valence-corrected chi connectivity index (χ3v) is 7.35. The lowest BCUT2D eigenvalue weighted by molar-refractivity contribution is -0.134. The van der Waals surface area contributed by atoms with Crippen molar-refractivity contribution in [1.82, 2.24) is 9.80 Å². The van der Waals surface area contributed by atoms with Crippen molar-refractivity contribution in [2.45, 2.75) is 32.4 Å². The van der Waals surface area contributed by atoms with Gasteiger partial charge in [-0.3, -0.25) is 4.79 Å². The first-order chi connectivity index (χ1) is 20.7. The van der Waals surface area contributed by atoms with Crippen molar-refractivity contribution < 1.29 is 29.0 Å². The van der Waals surface area contributed by atoms with E-state index in [9.17, 15) is 19.5 Å². The molecule has 4 rings (SSSR count). The average Bonchev–Trinajstić information content (AvgIpc) is 3.04. The zero-order valence-electron chi connectivity index (χ0n) is 24.9. The van der Waals surface area contributed by atoms with E-state index in [4.69, 9.17) is 9.47 Å². The van der Waals surface area contributed by atoms with Crippen molar-refractivity contribution in [3.8, 4) is 11.5 Å². The van der Waals surface area contributed by atoms with Crippen LogP contribution in [0, 0.1) is 5.92 Å². The molecule has 1 heterocycles. The zero-order valence-corrected chi connectivity index (χ0v) is 24.9. The van der Waals surface area contributed by atoms with Crippen LogP contribution in [0.5, 0.6) is 11.5 Å². The van der Waals surface area contributed by atoms with Crippen LogP contribution in [0.25, 0.3) is 0 Å². The number of urea groups is 2. The average molecular weight is 590 g/mol. The molecule has 11 nitrogen and oxygen atoms in total. The molecule has 0 fully saturated rings. The highest BCUT2D eigenvalue weighted by atomic mass is 16.5. The fourth-order valence-corrected chi connectivity index (χ4v) is 4.79. The number of benzene rings is 3. The number of likely N-dealkylation sites (N-methyl/N-ethyl adjacent to an activating group) is 1. The molecule has 0 radical (unpaired) electrons. The molecule has 1 aliphatic rings. The van der Waals surface area contributed by atoms with Crippen molar-refractivity contribution in [3.63, 3.8) is 0 Å². The van der Waals surface area contributed by atoms with E-state index in [1.54, 1.807) is 80.6 Å². The fraction of sp³-hybridized carbons (Fsp3) is 0.344. The third kappa shape index (κ3) is 8.39. The van der Waals surface area contributed by atoms with Gasteiger partial charge in [-0.15, -0.1) is 0 Å². The number of anilines is 3. The monoisotopic (exact) mass is 589 g/mol. The predicted octanol–water partition coefficient (Wildman–Crippen LogP) is 4.65. The van der Waals surface area contributed by atoms with Crippen molar-refractivity contribution in [2.75, 3.05) is 49.8 Å². The maximum Gasteiger partial charge on any atom is 0.323 e. The Balaban J connectivity index is 1.54. The summed E-state index contributed by atoms with van der Waals surface area (Å²) < 4.78 is 11.7. The lowest BCUT2D eigenvalue weighted by atomic mass is 10.0. The summed E-state index contributed by atoms with van der Waals surface area (Å²) in [6.07, 6.45) is -0.465. The van der Waals surface area contributed by atoms with Crippen LogP contribution in [0.1, 0.15) is 19.4 Å².